The van der Waals surface area contributed by atoms with E-state index in [9.17, 15) is 43.5 Å². The maximum atomic E-state index is 12.9. The van der Waals surface area contributed by atoms with E-state index in [0.29, 0.717) is 25.7 Å². The summed E-state index contributed by atoms with van der Waals surface area (Å²) >= 11 is 0. The van der Waals surface area contributed by atoms with Gasteiger partial charge in [0.25, 0.3) is 0 Å². The average molecular weight is 1510 g/mol. The first-order valence-corrected chi connectivity index (χ1v) is 43.4. The van der Waals surface area contributed by atoms with Crippen molar-refractivity contribution in [1.82, 2.24) is 0 Å². The lowest BCUT2D eigenvalue weighted by Crippen LogP contribution is -2.30. The van der Waals surface area contributed by atoms with Gasteiger partial charge in [-0.05, 0) is 141 Å². The summed E-state index contributed by atoms with van der Waals surface area (Å²) in [5.41, 5.74) is 0. The number of aliphatic hydroxyl groups excluding tert-OH is 2. The van der Waals surface area contributed by atoms with Gasteiger partial charge in [0.1, 0.15) is 25.4 Å². The van der Waals surface area contributed by atoms with E-state index in [0.717, 1.165) is 148 Å². The SMILES string of the molecule is CC/C=C\C/C=C\C/C=C\C/C=C\C/C=C\CCCCCCCCCCCCCCCCCCCC(=O)OCC(O)COP(=O)(O)OCC(O)COP(=O)(O)OCC(COC(=O)CCCCCCCC/C=C\C/C=C\C/C=C\C/C=C\CC)OC(=O)CCC/C=C\C/C=C\C/C=C\C/C=C\C/C=C\CC. The third-order valence-electron chi connectivity index (χ3n) is 16.4. The molecule has 5 unspecified atom stereocenters. The Morgan fingerprint density at radius 2 is 0.486 bits per heavy atom. The molecule has 0 aliphatic heterocycles. The molecule has 5 atom stereocenters. The van der Waals surface area contributed by atoms with Crippen LogP contribution >= 0.6 is 15.6 Å². The molecular formula is C87H144O16P2. The molecule has 0 amide bonds. The molecule has 598 valence electrons. The molecule has 0 aliphatic carbocycles. The van der Waals surface area contributed by atoms with Crippen LogP contribution in [0, 0.1) is 0 Å². The summed E-state index contributed by atoms with van der Waals surface area (Å²) in [7, 11) is -9.82. The molecule has 0 aromatic heterocycles. The Balaban J connectivity index is 4.51. The fraction of sp³-hybridized carbons (Fsp3) is 0.644. The molecule has 105 heavy (non-hydrogen) atoms. The van der Waals surface area contributed by atoms with Gasteiger partial charge in [0, 0.05) is 19.3 Å². The smallest absolute Gasteiger partial charge is 0.463 e. The minimum absolute atomic E-state index is 0.0177. The van der Waals surface area contributed by atoms with Gasteiger partial charge < -0.3 is 34.2 Å². The second-order valence-electron chi connectivity index (χ2n) is 26.4. The third kappa shape index (κ3) is 79.8. The Hall–Kier alpha value is -5.09. The molecule has 0 radical (unpaired) electrons. The molecule has 0 aliphatic rings. The average Bonchev–Trinajstić information content (AvgIpc) is 0.911. The Bertz CT molecular complexity index is 2590. The maximum Gasteiger partial charge on any atom is 0.472 e. The van der Waals surface area contributed by atoms with Gasteiger partial charge in [-0.1, -0.05) is 313 Å². The van der Waals surface area contributed by atoms with Crippen LogP contribution in [0.5, 0.6) is 0 Å². The number of carbonyl (C=O) groups excluding carboxylic acids is 3. The summed E-state index contributed by atoms with van der Waals surface area (Å²) in [5, 5.41) is 20.7. The number of esters is 3. The van der Waals surface area contributed by atoms with E-state index < -0.39 is 91.5 Å². The summed E-state index contributed by atoms with van der Waals surface area (Å²) in [6.07, 6.45) is 100.0. The molecule has 16 nitrogen and oxygen atoms in total. The molecular weight excluding hydrogens is 1360 g/mol. The molecule has 0 bridgehead atoms. The zero-order valence-electron chi connectivity index (χ0n) is 65.3. The minimum Gasteiger partial charge on any atom is -0.463 e. The molecule has 0 heterocycles. The first kappa shape index (κ1) is 99.9. The van der Waals surface area contributed by atoms with Crippen molar-refractivity contribution >= 4 is 33.6 Å². The molecule has 0 saturated heterocycles. The summed E-state index contributed by atoms with van der Waals surface area (Å²) in [6, 6.07) is 0. The zero-order valence-corrected chi connectivity index (χ0v) is 67.1. The van der Waals surface area contributed by atoms with Crippen LogP contribution in [0.25, 0.3) is 0 Å². The first-order chi connectivity index (χ1) is 51.2. The predicted octanol–water partition coefficient (Wildman–Crippen LogP) is 24.0. The number of phosphoric acid groups is 2. The van der Waals surface area contributed by atoms with Gasteiger partial charge in [0.15, 0.2) is 6.10 Å². The highest BCUT2D eigenvalue weighted by atomic mass is 31.2. The largest absolute Gasteiger partial charge is 0.472 e. The van der Waals surface area contributed by atoms with Crippen molar-refractivity contribution in [2.75, 3.05) is 39.6 Å². The van der Waals surface area contributed by atoms with Gasteiger partial charge in [0.05, 0.1) is 26.4 Å². The van der Waals surface area contributed by atoms with Crippen molar-refractivity contribution in [3.05, 3.63) is 170 Å². The summed E-state index contributed by atoms with van der Waals surface area (Å²) in [6.45, 7) is 2.25. The number of ether oxygens (including phenoxy) is 3. The van der Waals surface area contributed by atoms with E-state index in [1.54, 1.807) is 0 Å². The highest BCUT2D eigenvalue weighted by Gasteiger charge is 2.29. The van der Waals surface area contributed by atoms with Crippen molar-refractivity contribution in [3.63, 3.8) is 0 Å². The van der Waals surface area contributed by atoms with Gasteiger partial charge >= 0.3 is 33.6 Å². The van der Waals surface area contributed by atoms with Crippen molar-refractivity contribution in [3.8, 4) is 0 Å². The number of carbonyl (C=O) groups is 3. The molecule has 0 fully saturated rings. The fourth-order valence-corrected chi connectivity index (χ4v) is 12.0. The standard InChI is InChI=1S/C87H144O16P2/c1-4-7-10-13-16-19-22-25-28-31-33-34-35-36-37-38-39-40-41-42-43-44-45-46-48-51-52-55-58-61-64-67-70-73-85(90)97-76-82(88)77-99-104(93,94)100-78-83(89)79-101-105(95,96)102-81-84(103-87(92)75-72-69-66-63-60-57-54-49-30-27-24-21-18-15-12-9-6-3)80-98-86(91)74-71-68-65-62-59-56-53-50-47-32-29-26-23-20-17-14-11-8-5-2/h7-12,16-21,25-30,33-34,36-37,47,50,54,57,63,66,82-84,88-89H,4-6,13-15,22-24,31-32,35,38-46,48-49,51-53,55-56,58-62,64-65,67-81H2,1-3H3,(H,93,94)(H,95,96)/b10-7-,11-8-,12-9-,19-16-,20-17-,21-18-,28-25-,29-26-,30-27-,34-33-,37-36-,50-47-,57-54-,66-63-. The lowest BCUT2D eigenvalue weighted by Gasteiger charge is -2.21. The van der Waals surface area contributed by atoms with Crippen LogP contribution in [0.15, 0.2) is 170 Å². The van der Waals surface area contributed by atoms with Crippen LogP contribution in [0.2, 0.25) is 0 Å². The van der Waals surface area contributed by atoms with E-state index in [-0.39, 0.29) is 19.3 Å². The van der Waals surface area contributed by atoms with Gasteiger partial charge in [-0.15, -0.1) is 0 Å². The number of aliphatic hydroxyl groups is 2. The predicted molar refractivity (Wildman–Crippen MR) is 435 cm³/mol. The lowest BCUT2D eigenvalue weighted by atomic mass is 10.0. The second kappa shape index (κ2) is 78.5. The molecule has 0 spiro atoms. The van der Waals surface area contributed by atoms with E-state index in [2.05, 4.69) is 179 Å². The Morgan fingerprint density at radius 3 is 0.781 bits per heavy atom. The quantitative estimate of drug-likeness (QED) is 0.0146. The van der Waals surface area contributed by atoms with Crippen LogP contribution < -0.4 is 0 Å². The van der Waals surface area contributed by atoms with Crippen molar-refractivity contribution in [1.29, 1.82) is 0 Å². The van der Waals surface area contributed by atoms with Gasteiger partial charge in [-0.3, -0.25) is 32.5 Å². The molecule has 0 aromatic rings. The van der Waals surface area contributed by atoms with Crippen molar-refractivity contribution in [2.24, 2.45) is 0 Å². The molecule has 4 N–H and O–H groups in total. The first-order valence-electron chi connectivity index (χ1n) is 40.4. The Morgan fingerprint density at radius 1 is 0.267 bits per heavy atom. The topological polar surface area (TPSA) is 231 Å². The van der Waals surface area contributed by atoms with Gasteiger partial charge in [0.2, 0.25) is 0 Å². The molecule has 18 heteroatoms. The number of phosphoric ester groups is 2. The number of hydrogen-bond donors (Lipinski definition) is 4. The number of hydrogen-bond acceptors (Lipinski definition) is 14. The normalized spacial score (nSPS) is 14.8. The second-order valence-corrected chi connectivity index (χ2v) is 29.3. The Labute approximate surface area is 637 Å². The lowest BCUT2D eigenvalue weighted by molar-refractivity contribution is -0.161. The minimum atomic E-state index is -4.96. The maximum absolute atomic E-state index is 12.9. The fourth-order valence-electron chi connectivity index (χ4n) is 10.4. The van der Waals surface area contributed by atoms with Gasteiger partial charge in [-0.25, -0.2) is 9.13 Å². The van der Waals surface area contributed by atoms with Crippen molar-refractivity contribution < 1.29 is 75.8 Å². The van der Waals surface area contributed by atoms with E-state index in [1.165, 1.54) is 89.9 Å². The zero-order chi connectivity index (χ0) is 76.6. The van der Waals surface area contributed by atoms with Crippen LogP contribution in [0.4, 0.5) is 0 Å². The molecule has 0 rings (SSSR count). The van der Waals surface area contributed by atoms with E-state index in [4.69, 9.17) is 32.3 Å². The van der Waals surface area contributed by atoms with Crippen LogP contribution in [-0.2, 0) is 55.8 Å². The van der Waals surface area contributed by atoms with Crippen molar-refractivity contribution in [2.45, 2.75) is 322 Å². The van der Waals surface area contributed by atoms with Crippen LogP contribution in [-0.4, -0.2) is 95.9 Å². The summed E-state index contributed by atoms with van der Waals surface area (Å²) in [4.78, 5) is 58.6. The summed E-state index contributed by atoms with van der Waals surface area (Å²) in [5.74, 6) is -1.66. The number of rotatable bonds is 75. The van der Waals surface area contributed by atoms with Gasteiger partial charge in [-0.2, -0.15) is 0 Å². The Kier molecular flexibility index (Phi) is 74.7. The highest BCUT2D eigenvalue weighted by Crippen LogP contribution is 2.45. The van der Waals surface area contributed by atoms with E-state index >= 15 is 0 Å². The number of allylic oxidation sites excluding steroid dienone is 28. The van der Waals surface area contributed by atoms with Crippen LogP contribution in [0.1, 0.15) is 303 Å². The molecule has 0 aromatic carbocycles. The third-order valence-corrected chi connectivity index (χ3v) is 18.3. The summed E-state index contributed by atoms with van der Waals surface area (Å²) < 4.78 is 61.1. The van der Waals surface area contributed by atoms with E-state index in [1.807, 2.05) is 12.2 Å². The van der Waals surface area contributed by atoms with Crippen LogP contribution in [0.3, 0.4) is 0 Å². The monoisotopic (exact) mass is 1510 g/mol. The molecule has 0 saturated carbocycles. The highest BCUT2D eigenvalue weighted by molar-refractivity contribution is 7.47. The number of unbranched alkanes of at least 4 members (excludes halogenated alkanes) is 24.